The normalized spacial score (nSPS) is 14.3. The molecule has 32 heavy (non-hydrogen) atoms. The number of aliphatic imine (C=N–C) groups is 1. The lowest BCUT2D eigenvalue weighted by Gasteiger charge is -2.14. The zero-order valence-corrected chi connectivity index (χ0v) is 20.3. The number of nitrogens with zero attached hydrogens (tertiary/aromatic N) is 1. The number of hydrogen-bond acceptors (Lipinski definition) is 5. The molecule has 0 aliphatic carbocycles. The second kappa shape index (κ2) is 9.75. The minimum atomic E-state index is -0.553. The van der Waals surface area contributed by atoms with Crippen molar-refractivity contribution in [3.63, 3.8) is 0 Å². The van der Waals surface area contributed by atoms with Gasteiger partial charge >= 0.3 is 5.97 Å². The fourth-order valence-electron chi connectivity index (χ4n) is 3.25. The van der Waals surface area contributed by atoms with E-state index in [1.807, 2.05) is 49.4 Å². The Morgan fingerprint density at radius 3 is 2.72 bits per heavy atom. The topological polar surface area (TPSA) is 57.1 Å². The number of rotatable bonds is 6. The Bertz CT molecular complexity index is 1250. The number of benzene rings is 3. The molecule has 0 aromatic heterocycles. The lowest BCUT2D eigenvalue weighted by atomic mass is 10.1. The zero-order valence-electron chi connectivity index (χ0n) is 17.4. The molecule has 0 spiro atoms. The van der Waals surface area contributed by atoms with E-state index in [0.717, 1.165) is 14.7 Å². The molecule has 0 fully saturated rings. The van der Waals surface area contributed by atoms with Crippen LogP contribution in [0.2, 0.25) is 5.02 Å². The highest BCUT2D eigenvalue weighted by molar-refractivity contribution is 14.1. The first-order chi connectivity index (χ1) is 15.4. The van der Waals surface area contributed by atoms with Gasteiger partial charge in [0.25, 0.3) is 0 Å². The third-order valence-corrected chi connectivity index (χ3v) is 5.77. The number of cyclic esters (lactones) is 1. The molecule has 4 rings (SSSR count). The van der Waals surface area contributed by atoms with Gasteiger partial charge in [0.1, 0.15) is 6.61 Å². The molecule has 5 nitrogen and oxygen atoms in total. The third-order valence-electron chi connectivity index (χ3n) is 4.77. The molecule has 0 atom stereocenters. The summed E-state index contributed by atoms with van der Waals surface area (Å²) in [6.45, 7) is 2.39. The zero-order chi connectivity index (χ0) is 22.7. The Morgan fingerprint density at radius 1 is 1.12 bits per heavy atom. The van der Waals surface area contributed by atoms with Crippen LogP contribution in [-0.4, -0.2) is 19.0 Å². The van der Waals surface area contributed by atoms with Gasteiger partial charge in [-0.2, -0.15) is 0 Å². The first-order valence-corrected chi connectivity index (χ1v) is 11.2. The molecule has 1 aliphatic rings. The van der Waals surface area contributed by atoms with Crippen molar-refractivity contribution in [2.45, 2.75) is 13.5 Å². The minimum Gasteiger partial charge on any atom is -0.493 e. The molecule has 0 radical (unpaired) electrons. The molecule has 1 heterocycles. The van der Waals surface area contributed by atoms with Gasteiger partial charge in [-0.15, -0.1) is 0 Å². The molecule has 0 amide bonds. The smallest absolute Gasteiger partial charge is 0.363 e. The van der Waals surface area contributed by atoms with Gasteiger partial charge < -0.3 is 14.2 Å². The highest BCUT2D eigenvalue weighted by Gasteiger charge is 2.26. The van der Waals surface area contributed by atoms with Crippen LogP contribution in [0, 0.1) is 10.5 Å². The maximum absolute atomic E-state index is 12.5. The summed E-state index contributed by atoms with van der Waals surface area (Å²) in [5, 5.41) is 0.460. The standard InChI is InChI=1S/C25H19ClINO4/c1-15-5-3-6-16(11-15)14-31-23-17(7-4-8-22(23)30-2)12-21-25(29)32-24(28-21)19-13-18(27)9-10-20(19)26/h3-13H,14H2,1-2H3/b21-12-. The highest BCUT2D eigenvalue weighted by Crippen LogP contribution is 2.34. The Morgan fingerprint density at radius 2 is 1.94 bits per heavy atom. The number of ether oxygens (including phenoxy) is 3. The summed E-state index contributed by atoms with van der Waals surface area (Å²) < 4.78 is 17.9. The third kappa shape index (κ3) is 4.97. The molecule has 0 N–H and O–H groups in total. The van der Waals surface area contributed by atoms with E-state index in [9.17, 15) is 4.79 Å². The van der Waals surface area contributed by atoms with Crippen LogP contribution in [0.5, 0.6) is 11.5 Å². The Balaban J connectivity index is 1.68. The largest absolute Gasteiger partial charge is 0.493 e. The lowest BCUT2D eigenvalue weighted by Crippen LogP contribution is -2.06. The van der Waals surface area contributed by atoms with Crippen molar-refractivity contribution in [2.75, 3.05) is 7.11 Å². The number of halogens is 2. The minimum absolute atomic E-state index is 0.156. The monoisotopic (exact) mass is 559 g/mol. The van der Waals surface area contributed by atoms with Crippen LogP contribution in [0.3, 0.4) is 0 Å². The van der Waals surface area contributed by atoms with Crippen molar-refractivity contribution in [1.82, 2.24) is 0 Å². The average Bonchev–Trinajstić information content (AvgIpc) is 3.14. The van der Waals surface area contributed by atoms with Gasteiger partial charge in [-0.05, 0) is 65.4 Å². The number of esters is 1. The number of aryl methyl sites for hydroxylation is 1. The van der Waals surface area contributed by atoms with Crippen LogP contribution in [0.1, 0.15) is 22.3 Å². The van der Waals surface area contributed by atoms with Crippen molar-refractivity contribution in [1.29, 1.82) is 0 Å². The van der Waals surface area contributed by atoms with Crippen molar-refractivity contribution >= 4 is 52.1 Å². The predicted molar refractivity (Wildman–Crippen MR) is 133 cm³/mol. The van der Waals surface area contributed by atoms with Crippen LogP contribution in [0.25, 0.3) is 6.08 Å². The Kier molecular flexibility index (Phi) is 6.81. The van der Waals surface area contributed by atoms with E-state index in [2.05, 4.69) is 33.6 Å². The fraction of sp³-hybridized carbons (Fsp3) is 0.120. The summed E-state index contributed by atoms with van der Waals surface area (Å²) in [4.78, 5) is 16.9. The van der Waals surface area contributed by atoms with Gasteiger partial charge in [-0.25, -0.2) is 9.79 Å². The number of carbonyl (C=O) groups excluding carboxylic acids is 1. The van der Waals surface area contributed by atoms with Crippen molar-refractivity contribution in [3.8, 4) is 11.5 Å². The average molecular weight is 560 g/mol. The molecule has 7 heteroatoms. The predicted octanol–water partition coefficient (Wildman–Crippen LogP) is 6.19. The van der Waals surface area contributed by atoms with Crippen molar-refractivity contribution < 1.29 is 19.0 Å². The first-order valence-electron chi connectivity index (χ1n) is 9.78. The van der Waals surface area contributed by atoms with Crippen LogP contribution >= 0.6 is 34.2 Å². The molecule has 3 aromatic carbocycles. The SMILES string of the molecule is COc1cccc(/C=C2\N=C(c3cc(I)ccc3Cl)OC2=O)c1OCc1cccc(C)c1. The molecule has 0 saturated carbocycles. The summed E-state index contributed by atoms with van der Waals surface area (Å²) in [5.41, 5.74) is 3.56. The van der Waals surface area contributed by atoms with Gasteiger partial charge in [0, 0.05) is 9.13 Å². The second-order valence-electron chi connectivity index (χ2n) is 7.12. The summed E-state index contributed by atoms with van der Waals surface area (Å²) in [7, 11) is 1.57. The number of methoxy groups -OCH3 is 1. The lowest BCUT2D eigenvalue weighted by molar-refractivity contribution is -0.129. The van der Waals surface area contributed by atoms with Crippen LogP contribution < -0.4 is 9.47 Å². The van der Waals surface area contributed by atoms with E-state index in [-0.39, 0.29) is 11.6 Å². The van der Waals surface area contributed by atoms with Crippen LogP contribution in [-0.2, 0) is 16.1 Å². The van der Waals surface area contributed by atoms with Gasteiger partial charge in [0.2, 0.25) is 5.90 Å². The maximum Gasteiger partial charge on any atom is 0.363 e. The molecule has 162 valence electrons. The van der Waals surface area contributed by atoms with Gasteiger partial charge in [0.05, 0.1) is 17.7 Å². The Labute approximate surface area is 204 Å². The van der Waals surface area contributed by atoms with E-state index >= 15 is 0 Å². The summed E-state index contributed by atoms with van der Waals surface area (Å²) in [6, 6.07) is 19.0. The molecule has 0 unspecified atom stereocenters. The number of carbonyl (C=O) groups is 1. The quantitative estimate of drug-likeness (QED) is 0.205. The molecule has 1 aliphatic heterocycles. The van der Waals surface area contributed by atoms with Crippen LogP contribution in [0.15, 0.2) is 71.4 Å². The Hall–Kier alpha value is -2.84. The van der Waals surface area contributed by atoms with Crippen molar-refractivity contribution in [2.24, 2.45) is 4.99 Å². The van der Waals surface area contributed by atoms with Crippen LogP contribution in [0.4, 0.5) is 0 Å². The van der Waals surface area contributed by atoms with E-state index in [1.54, 1.807) is 25.3 Å². The van der Waals surface area contributed by atoms with E-state index in [1.165, 1.54) is 0 Å². The fourth-order valence-corrected chi connectivity index (χ4v) is 3.94. The second-order valence-corrected chi connectivity index (χ2v) is 8.77. The van der Waals surface area contributed by atoms with Gasteiger partial charge in [0.15, 0.2) is 17.2 Å². The molecular weight excluding hydrogens is 541 g/mol. The van der Waals surface area contributed by atoms with E-state index in [0.29, 0.717) is 34.3 Å². The van der Waals surface area contributed by atoms with E-state index in [4.69, 9.17) is 25.8 Å². The number of para-hydroxylation sites is 1. The molecule has 0 bridgehead atoms. The molecule has 0 saturated heterocycles. The summed E-state index contributed by atoms with van der Waals surface area (Å²) in [5.74, 6) is 0.702. The summed E-state index contributed by atoms with van der Waals surface area (Å²) in [6.07, 6.45) is 1.63. The first kappa shape index (κ1) is 22.4. The maximum atomic E-state index is 12.5. The molecule has 3 aromatic rings. The number of hydrogen-bond donors (Lipinski definition) is 0. The van der Waals surface area contributed by atoms with Gasteiger partial charge in [-0.3, -0.25) is 0 Å². The van der Waals surface area contributed by atoms with E-state index < -0.39 is 5.97 Å². The summed E-state index contributed by atoms with van der Waals surface area (Å²) >= 11 is 8.44. The van der Waals surface area contributed by atoms with Crippen molar-refractivity contribution in [3.05, 3.63) is 97.2 Å². The molecular formula is C25H19ClINO4. The van der Waals surface area contributed by atoms with Gasteiger partial charge in [-0.1, -0.05) is 53.6 Å². The highest BCUT2D eigenvalue weighted by atomic mass is 127.